The molecule has 3 heteroatoms. The Morgan fingerprint density at radius 1 is 1.40 bits per heavy atom. The quantitative estimate of drug-likeness (QED) is 0.780. The van der Waals surface area contributed by atoms with Crippen LogP contribution in [0.25, 0.3) is 0 Å². The Bertz CT molecular complexity index is 271. The molecule has 1 atom stereocenters. The zero-order chi connectivity index (χ0) is 11.1. The number of aromatic nitrogens is 1. The average Bonchev–Trinajstić information content (AvgIpc) is 2.27. The van der Waals surface area contributed by atoms with Crippen molar-refractivity contribution in [2.45, 2.75) is 33.2 Å². The maximum atomic E-state index is 5.47. The van der Waals surface area contributed by atoms with Crippen molar-refractivity contribution in [3.05, 3.63) is 24.0 Å². The van der Waals surface area contributed by atoms with Gasteiger partial charge in [-0.25, -0.2) is 0 Å². The van der Waals surface area contributed by atoms with Crippen LogP contribution in [0.3, 0.4) is 0 Å². The van der Waals surface area contributed by atoms with Gasteiger partial charge < -0.3 is 10.1 Å². The summed E-state index contributed by atoms with van der Waals surface area (Å²) in [4.78, 5) is 4.36. The van der Waals surface area contributed by atoms with Crippen LogP contribution in [0.1, 0.15) is 38.9 Å². The summed E-state index contributed by atoms with van der Waals surface area (Å²) in [6.07, 6.45) is 2.81. The van der Waals surface area contributed by atoms with E-state index >= 15 is 0 Å². The summed E-state index contributed by atoms with van der Waals surface area (Å²) in [7, 11) is 0. The van der Waals surface area contributed by atoms with Gasteiger partial charge in [-0.2, -0.15) is 0 Å². The van der Waals surface area contributed by atoms with E-state index < -0.39 is 0 Å². The number of rotatable bonds is 6. The van der Waals surface area contributed by atoms with Gasteiger partial charge in [-0.1, -0.05) is 13.8 Å². The number of hydrogen-bond acceptors (Lipinski definition) is 3. The minimum Gasteiger partial charge on any atom is -0.492 e. The Hall–Kier alpha value is -1.09. The Balaban J connectivity index is 2.55. The monoisotopic (exact) mass is 208 g/mol. The van der Waals surface area contributed by atoms with Crippen molar-refractivity contribution < 1.29 is 4.74 Å². The molecule has 0 spiro atoms. The minimum atomic E-state index is 0.301. The van der Waals surface area contributed by atoms with E-state index in [1.165, 1.54) is 0 Å². The highest BCUT2D eigenvalue weighted by molar-refractivity contribution is 5.21. The van der Waals surface area contributed by atoms with Crippen molar-refractivity contribution in [3.63, 3.8) is 0 Å². The molecule has 0 fully saturated rings. The number of nitrogens with one attached hydrogen (secondary N) is 1. The van der Waals surface area contributed by atoms with Crippen molar-refractivity contribution in [2.24, 2.45) is 0 Å². The molecular formula is C12H20N2O. The van der Waals surface area contributed by atoms with Gasteiger partial charge in [0.05, 0.1) is 18.5 Å². The summed E-state index contributed by atoms with van der Waals surface area (Å²) in [6.45, 7) is 8.00. The number of pyridine rings is 1. The van der Waals surface area contributed by atoms with E-state index in [2.05, 4.69) is 31.1 Å². The van der Waals surface area contributed by atoms with Gasteiger partial charge >= 0.3 is 0 Å². The van der Waals surface area contributed by atoms with E-state index in [1.807, 2.05) is 12.1 Å². The summed E-state index contributed by atoms with van der Waals surface area (Å²) in [6, 6.07) is 4.29. The van der Waals surface area contributed by atoms with Crippen LogP contribution in [-0.2, 0) is 0 Å². The van der Waals surface area contributed by atoms with Crippen molar-refractivity contribution in [3.8, 4) is 5.75 Å². The first-order valence-corrected chi connectivity index (χ1v) is 5.60. The molecule has 0 aromatic carbocycles. The van der Waals surface area contributed by atoms with E-state index in [9.17, 15) is 0 Å². The van der Waals surface area contributed by atoms with E-state index in [4.69, 9.17) is 4.74 Å². The molecule has 1 unspecified atom stereocenters. The lowest BCUT2D eigenvalue weighted by molar-refractivity contribution is 0.316. The molecule has 0 aliphatic rings. The second-order valence-electron chi connectivity index (χ2n) is 3.55. The fourth-order valence-corrected chi connectivity index (χ4v) is 1.36. The summed E-state index contributed by atoms with van der Waals surface area (Å²) >= 11 is 0. The molecular weight excluding hydrogens is 188 g/mol. The van der Waals surface area contributed by atoms with Gasteiger partial charge in [0.1, 0.15) is 5.75 Å². The van der Waals surface area contributed by atoms with Crippen LogP contribution in [0.4, 0.5) is 0 Å². The van der Waals surface area contributed by atoms with Crippen molar-refractivity contribution in [1.29, 1.82) is 0 Å². The number of nitrogens with zero attached hydrogens (tertiary/aromatic N) is 1. The highest BCUT2D eigenvalue weighted by Crippen LogP contribution is 2.14. The molecule has 1 aromatic heterocycles. The van der Waals surface area contributed by atoms with Crippen LogP contribution in [0.15, 0.2) is 18.3 Å². The van der Waals surface area contributed by atoms with Gasteiger partial charge in [-0.15, -0.1) is 0 Å². The molecule has 1 heterocycles. The molecule has 1 aromatic rings. The van der Waals surface area contributed by atoms with Crippen LogP contribution >= 0.6 is 0 Å². The van der Waals surface area contributed by atoms with Gasteiger partial charge in [-0.3, -0.25) is 4.98 Å². The second-order valence-corrected chi connectivity index (χ2v) is 3.55. The largest absolute Gasteiger partial charge is 0.492 e. The van der Waals surface area contributed by atoms with Crippen LogP contribution in [0.5, 0.6) is 5.75 Å². The molecule has 0 aliphatic carbocycles. The maximum Gasteiger partial charge on any atom is 0.137 e. The first kappa shape index (κ1) is 12.0. The highest BCUT2D eigenvalue weighted by Gasteiger charge is 2.04. The predicted octanol–water partition coefficient (Wildman–Crippen LogP) is 2.54. The standard InChI is InChI=1S/C12H20N2O/c1-4-8-15-11-6-7-12(14-9-11)10(3)13-5-2/h6-7,9-10,13H,4-5,8H2,1-3H3. The second kappa shape index (κ2) is 6.40. The number of hydrogen-bond donors (Lipinski definition) is 1. The molecule has 0 bridgehead atoms. The third-order valence-corrected chi connectivity index (χ3v) is 2.19. The summed E-state index contributed by atoms with van der Waals surface area (Å²) < 4.78 is 5.47. The lowest BCUT2D eigenvalue weighted by atomic mass is 10.2. The van der Waals surface area contributed by atoms with Crippen LogP contribution in [0, 0.1) is 0 Å². The Kier molecular flexibility index (Phi) is 5.12. The van der Waals surface area contributed by atoms with Crippen molar-refractivity contribution >= 4 is 0 Å². The van der Waals surface area contributed by atoms with Gasteiger partial charge in [0, 0.05) is 6.04 Å². The molecule has 1 N–H and O–H groups in total. The van der Waals surface area contributed by atoms with Gasteiger partial charge in [-0.05, 0) is 32.0 Å². The van der Waals surface area contributed by atoms with Crippen LogP contribution in [-0.4, -0.2) is 18.1 Å². The maximum absolute atomic E-state index is 5.47. The van der Waals surface area contributed by atoms with Gasteiger partial charge in [0.25, 0.3) is 0 Å². The van der Waals surface area contributed by atoms with E-state index in [0.717, 1.165) is 31.0 Å². The SMILES string of the molecule is CCCOc1ccc(C(C)NCC)nc1. The third kappa shape index (κ3) is 3.88. The summed E-state index contributed by atoms with van der Waals surface area (Å²) in [5, 5.41) is 3.32. The molecule has 0 saturated carbocycles. The van der Waals surface area contributed by atoms with Gasteiger partial charge in [0.15, 0.2) is 0 Å². The van der Waals surface area contributed by atoms with E-state index in [0.29, 0.717) is 6.04 Å². The van der Waals surface area contributed by atoms with E-state index in [1.54, 1.807) is 6.20 Å². The van der Waals surface area contributed by atoms with Crippen LogP contribution in [0.2, 0.25) is 0 Å². The molecule has 15 heavy (non-hydrogen) atoms. The fraction of sp³-hybridized carbons (Fsp3) is 0.583. The van der Waals surface area contributed by atoms with Crippen molar-refractivity contribution in [1.82, 2.24) is 10.3 Å². The average molecular weight is 208 g/mol. The first-order chi connectivity index (χ1) is 7.27. The lowest BCUT2D eigenvalue weighted by Crippen LogP contribution is -2.18. The molecule has 84 valence electrons. The molecule has 0 aliphatic heterocycles. The summed E-state index contributed by atoms with van der Waals surface area (Å²) in [5.74, 6) is 0.851. The zero-order valence-electron chi connectivity index (χ0n) is 9.79. The Morgan fingerprint density at radius 2 is 2.20 bits per heavy atom. The smallest absolute Gasteiger partial charge is 0.137 e. The van der Waals surface area contributed by atoms with Crippen molar-refractivity contribution in [2.75, 3.05) is 13.2 Å². The molecule has 1 rings (SSSR count). The molecule has 0 amide bonds. The van der Waals surface area contributed by atoms with Crippen LogP contribution < -0.4 is 10.1 Å². The third-order valence-electron chi connectivity index (χ3n) is 2.19. The summed E-state index contributed by atoms with van der Waals surface area (Å²) in [5.41, 5.74) is 1.06. The molecule has 0 radical (unpaired) electrons. The molecule has 0 saturated heterocycles. The lowest BCUT2D eigenvalue weighted by Gasteiger charge is -2.12. The Labute approximate surface area is 91.9 Å². The fourth-order valence-electron chi connectivity index (χ4n) is 1.36. The normalized spacial score (nSPS) is 12.5. The Morgan fingerprint density at radius 3 is 2.73 bits per heavy atom. The zero-order valence-corrected chi connectivity index (χ0v) is 9.79. The number of ether oxygens (including phenoxy) is 1. The van der Waals surface area contributed by atoms with E-state index in [-0.39, 0.29) is 0 Å². The predicted molar refractivity (Wildman–Crippen MR) is 62.1 cm³/mol. The minimum absolute atomic E-state index is 0.301. The molecule has 3 nitrogen and oxygen atoms in total. The topological polar surface area (TPSA) is 34.1 Å². The first-order valence-electron chi connectivity index (χ1n) is 5.60. The highest BCUT2D eigenvalue weighted by atomic mass is 16.5. The van der Waals surface area contributed by atoms with Gasteiger partial charge in [0.2, 0.25) is 0 Å².